The number of nitrogens with zero attached hydrogens (tertiary/aromatic N) is 1. The van der Waals surface area contributed by atoms with Gasteiger partial charge < -0.3 is 9.84 Å². The summed E-state index contributed by atoms with van der Waals surface area (Å²) in [7, 11) is 0. The van der Waals surface area contributed by atoms with Gasteiger partial charge in [0.05, 0.1) is 5.02 Å². The van der Waals surface area contributed by atoms with E-state index in [1.54, 1.807) is 18.2 Å². The van der Waals surface area contributed by atoms with Crippen molar-refractivity contribution in [1.29, 1.82) is 0 Å². The fourth-order valence-electron chi connectivity index (χ4n) is 1.33. The van der Waals surface area contributed by atoms with Crippen LogP contribution in [0.25, 0.3) is 0 Å². The maximum Gasteiger partial charge on any atom is 0.341 e. The number of aromatic carboxylic acids is 1. The molecule has 0 aliphatic rings. The smallest absolute Gasteiger partial charge is 0.341 e. The maximum absolute atomic E-state index is 11.1. The van der Waals surface area contributed by atoms with E-state index in [0.717, 1.165) is 0 Å². The van der Waals surface area contributed by atoms with Gasteiger partial charge in [-0.25, -0.2) is 9.78 Å². The number of hydrogen-bond acceptors (Lipinski definition) is 3. The maximum atomic E-state index is 11.1. The molecule has 1 aromatic carbocycles. The van der Waals surface area contributed by atoms with Gasteiger partial charge in [-0.1, -0.05) is 40.9 Å². The predicted molar refractivity (Wildman–Crippen MR) is 72.7 cm³/mol. The van der Waals surface area contributed by atoms with Crippen LogP contribution >= 0.6 is 34.8 Å². The Hall–Kier alpha value is -1.49. The Morgan fingerprint density at radius 2 is 1.89 bits per heavy atom. The summed E-state index contributed by atoms with van der Waals surface area (Å²) < 4.78 is 5.37. The molecular weight excluding hydrogens is 312 g/mol. The molecule has 0 fully saturated rings. The zero-order valence-corrected chi connectivity index (χ0v) is 11.5. The number of rotatable bonds is 3. The van der Waals surface area contributed by atoms with Crippen LogP contribution in [0.4, 0.5) is 0 Å². The van der Waals surface area contributed by atoms with Crippen molar-refractivity contribution in [3.8, 4) is 11.6 Å². The Bertz CT molecular complexity index is 646. The third kappa shape index (κ3) is 3.10. The van der Waals surface area contributed by atoms with Crippen LogP contribution in [0.2, 0.25) is 15.2 Å². The highest BCUT2D eigenvalue weighted by molar-refractivity contribution is 6.42. The number of aromatic nitrogens is 1. The minimum atomic E-state index is -1.18. The second-order valence-electron chi connectivity index (χ2n) is 3.45. The minimum absolute atomic E-state index is 0.109. The molecule has 0 saturated carbocycles. The van der Waals surface area contributed by atoms with Crippen LogP contribution in [-0.2, 0) is 0 Å². The molecule has 1 aromatic heterocycles. The van der Waals surface area contributed by atoms with Gasteiger partial charge in [-0.05, 0) is 24.3 Å². The van der Waals surface area contributed by atoms with Gasteiger partial charge in [0.2, 0.25) is 5.88 Å². The number of carbonyl (C=O) groups is 1. The van der Waals surface area contributed by atoms with E-state index in [-0.39, 0.29) is 32.4 Å². The topological polar surface area (TPSA) is 59.4 Å². The fraction of sp³-hybridized carbons (Fsp3) is 0. The van der Waals surface area contributed by atoms with Crippen LogP contribution < -0.4 is 4.74 Å². The molecule has 0 bridgehead atoms. The summed E-state index contributed by atoms with van der Waals surface area (Å²) in [5.41, 5.74) is -0.125. The first-order chi connectivity index (χ1) is 8.99. The second-order valence-corrected chi connectivity index (χ2v) is 4.62. The number of pyridine rings is 1. The van der Waals surface area contributed by atoms with Gasteiger partial charge in [-0.3, -0.25) is 0 Å². The second kappa shape index (κ2) is 5.65. The van der Waals surface area contributed by atoms with Crippen molar-refractivity contribution in [2.45, 2.75) is 0 Å². The SMILES string of the molecule is O=C(O)c1ccc(Cl)nc1Oc1cccc(Cl)c1Cl. The highest BCUT2D eigenvalue weighted by Crippen LogP contribution is 2.35. The summed E-state index contributed by atoms with van der Waals surface area (Å²) in [5.74, 6) is -1.13. The lowest BCUT2D eigenvalue weighted by molar-refractivity contribution is 0.0693. The van der Waals surface area contributed by atoms with E-state index in [4.69, 9.17) is 44.6 Å². The molecule has 1 N–H and O–H groups in total. The molecule has 0 saturated heterocycles. The Morgan fingerprint density at radius 1 is 1.16 bits per heavy atom. The van der Waals surface area contributed by atoms with Crippen LogP contribution in [-0.4, -0.2) is 16.1 Å². The fourth-order valence-corrected chi connectivity index (χ4v) is 1.80. The van der Waals surface area contributed by atoms with Crippen molar-refractivity contribution >= 4 is 40.8 Å². The molecule has 7 heteroatoms. The van der Waals surface area contributed by atoms with Crippen LogP contribution in [0, 0.1) is 0 Å². The largest absolute Gasteiger partial charge is 0.477 e. The molecule has 2 rings (SSSR count). The summed E-state index contributed by atoms with van der Waals surface area (Å²) in [4.78, 5) is 14.9. The van der Waals surface area contributed by atoms with Crippen molar-refractivity contribution in [2.75, 3.05) is 0 Å². The van der Waals surface area contributed by atoms with Crippen molar-refractivity contribution in [3.05, 3.63) is 51.1 Å². The summed E-state index contributed by atoms with van der Waals surface area (Å²) in [6.07, 6.45) is 0. The molecule has 0 unspecified atom stereocenters. The van der Waals surface area contributed by atoms with E-state index in [0.29, 0.717) is 0 Å². The van der Waals surface area contributed by atoms with Gasteiger partial charge in [-0.2, -0.15) is 0 Å². The number of halogens is 3. The summed E-state index contributed by atoms with van der Waals surface area (Å²) in [5, 5.41) is 9.60. The highest BCUT2D eigenvalue weighted by atomic mass is 35.5. The van der Waals surface area contributed by atoms with Crippen LogP contribution in [0.5, 0.6) is 11.6 Å². The first kappa shape index (κ1) is 13.9. The predicted octanol–water partition coefficient (Wildman–Crippen LogP) is 4.53. The van der Waals surface area contributed by atoms with Gasteiger partial charge in [0.15, 0.2) is 0 Å². The first-order valence-electron chi connectivity index (χ1n) is 5.00. The zero-order chi connectivity index (χ0) is 14.0. The van der Waals surface area contributed by atoms with Gasteiger partial charge in [-0.15, -0.1) is 0 Å². The lowest BCUT2D eigenvalue weighted by Gasteiger charge is -2.09. The molecule has 0 amide bonds. The molecule has 0 spiro atoms. The van der Waals surface area contributed by atoms with E-state index in [1.165, 1.54) is 12.1 Å². The average Bonchev–Trinajstić information content (AvgIpc) is 2.35. The van der Waals surface area contributed by atoms with E-state index >= 15 is 0 Å². The van der Waals surface area contributed by atoms with Crippen molar-refractivity contribution in [2.24, 2.45) is 0 Å². The number of carboxylic acid groups (broad SMARTS) is 1. The molecule has 19 heavy (non-hydrogen) atoms. The number of hydrogen-bond donors (Lipinski definition) is 1. The third-order valence-electron chi connectivity index (χ3n) is 2.18. The minimum Gasteiger partial charge on any atom is -0.477 e. The Labute approximate surface area is 123 Å². The number of ether oxygens (including phenoxy) is 1. The average molecular weight is 319 g/mol. The molecule has 4 nitrogen and oxygen atoms in total. The molecule has 1 heterocycles. The lowest BCUT2D eigenvalue weighted by atomic mass is 10.3. The van der Waals surface area contributed by atoms with E-state index in [9.17, 15) is 4.79 Å². The molecule has 0 radical (unpaired) electrons. The number of benzene rings is 1. The van der Waals surface area contributed by atoms with Crippen LogP contribution in [0.15, 0.2) is 30.3 Å². The van der Waals surface area contributed by atoms with Gasteiger partial charge >= 0.3 is 5.97 Å². The molecule has 98 valence electrons. The molecule has 0 aliphatic carbocycles. The number of carboxylic acids is 1. The molecule has 2 aromatic rings. The quantitative estimate of drug-likeness (QED) is 0.844. The van der Waals surface area contributed by atoms with Gasteiger partial charge in [0.1, 0.15) is 21.5 Å². The van der Waals surface area contributed by atoms with E-state index in [2.05, 4.69) is 4.98 Å². The van der Waals surface area contributed by atoms with Gasteiger partial charge in [0.25, 0.3) is 0 Å². The first-order valence-corrected chi connectivity index (χ1v) is 6.14. The van der Waals surface area contributed by atoms with Crippen molar-refractivity contribution < 1.29 is 14.6 Å². The molecular formula is C12H6Cl3NO3. The van der Waals surface area contributed by atoms with Gasteiger partial charge in [0, 0.05) is 0 Å². The monoisotopic (exact) mass is 317 g/mol. The highest BCUT2D eigenvalue weighted by Gasteiger charge is 2.16. The summed E-state index contributed by atoms with van der Waals surface area (Å²) >= 11 is 17.5. The van der Waals surface area contributed by atoms with Crippen molar-refractivity contribution in [3.63, 3.8) is 0 Å². The summed E-state index contributed by atoms with van der Waals surface area (Å²) in [6.45, 7) is 0. The van der Waals surface area contributed by atoms with Crippen LogP contribution in [0.1, 0.15) is 10.4 Å². The Balaban J connectivity index is 2.45. The third-order valence-corrected chi connectivity index (χ3v) is 3.19. The molecule has 0 atom stereocenters. The zero-order valence-electron chi connectivity index (χ0n) is 9.23. The normalized spacial score (nSPS) is 10.3. The van der Waals surface area contributed by atoms with E-state index < -0.39 is 5.97 Å². The van der Waals surface area contributed by atoms with Crippen molar-refractivity contribution in [1.82, 2.24) is 4.98 Å². The van der Waals surface area contributed by atoms with Crippen LogP contribution in [0.3, 0.4) is 0 Å². The lowest BCUT2D eigenvalue weighted by Crippen LogP contribution is -2.02. The standard InChI is InChI=1S/C12H6Cl3NO3/c13-7-2-1-3-8(10(7)15)19-11-6(12(17)18)4-5-9(14)16-11/h1-5H,(H,17,18). The Kier molecular flexibility index (Phi) is 4.14. The summed E-state index contributed by atoms with van der Waals surface area (Å²) in [6, 6.07) is 7.40. The molecule has 0 aliphatic heterocycles. The van der Waals surface area contributed by atoms with E-state index in [1.807, 2.05) is 0 Å². The Morgan fingerprint density at radius 3 is 2.58 bits per heavy atom.